The lowest BCUT2D eigenvalue weighted by molar-refractivity contribution is -0.532. The quantitative estimate of drug-likeness (QED) is 0.858. The van der Waals surface area contributed by atoms with Crippen LogP contribution < -0.4 is 9.64 Å². The monoisotopic (exact) mass is 355 g/mol. The summed E-state index contributed by atoms with van der Waals surface area (Å²) in [5.74, 6) is 1.89. The van der Waals surface area contributed by atoms with Gasteiger partial charge in [0.2, 0.25) is 0 Å². The average molecular weight is 355 g/mol. The summed E-state index contributed by atoms with van der Waals surface area (Å²) < 4.78 is 7.59. The number of hydrogen-bond acceptors (Lipinski definition) is 4. The van der Waals surface area contributed by atoms with E-state index in [-0.39, 0.29) is 0 Å². The van der Waals surface area contributed by atoms with Crippen molar-refractivity contribution >= 4 is 22.6 Å². The summed E-state index contributed by atoms with van der Waals surface area (Å²) in [5.41, 5.74) is 2.03. The first-order chi connectivity index (χ1) is 12.1. The van der Waals surface area contributed by atoms with Gasteiger partial charge in [0, 0.05) is 11.3 Å². The van der Waals surface area contributed by atoms with Crippen LogP contribution in [0.4, 0.5) is 5.69 Å². The third kappa shape index (κ3) is 2.71. The van der Waals surface area contributed by atoms with Crippen LogP contribution in [0.3, 0.4) is 0 Å². The average Bonchev–Trinajstić information content (AvgIpc) is 2.95. The molecule has 0 saturated carbocycles. The third-order valence-electron chi connectivity index (χ3n) is 4.96. The Bertz CT molecular complexity index is 819. The van der Waals surface area contributed by atoms with Crippen LogP contribution in [-0.2, 0) is 5.72 Å². The minimum absolute atomic E-state index is 0.579. The van der Waals surface area contributed by atoms with E-state index in [1.807, 2.05) is 48.2 Å². The van der Waals surface area contributed by atoms with Crippen molar-refractivity contribution < 1.29 is 14.4 Å². The van der Waals surface area contributed by atoms with E-state index in [2.05, 4.69) is 28.5 Å². The second-order valence-electron chi connectivity index (χ2n) is 6.57. The van der Waals surface area contributed by atoms with Gasteiger partial charge in [-0.25, -0.2) is 4.58 Å². The molecule has 0 aliphatic carbocycles. The van der Waals surface area contributed by atoms with Crippen molar-refractivity contribution in [3.8, 4) is 5.75 Å². The minimum Gasteiger partial charge on any atom is -0.497 e. The Labute approximate surface area is 152 Å². The molecule has 2 aliphatic rings. The number of nitrogens with zero attached hydrogens (tertiary/aromatic N) is 2. The van der Waals surface area contributed by atoms with Crippen molar-refractivity contribution in [2.75, 3.05) is 30.9 Å². The summed E-state index contributed by atoms with van der Waals surface area (Å²) in [6.45, 7) is 3.67. The van der Waals surface area contributed by atoms with Gasteiger partial charge >= 0.3 is 5.17 Å². The van der Waals surface area contributed by atoms with Gasteiger partial charge in [-0.1, -0.05) is 18.2 Å². The highest BCUT2D eigenvalue weighted by Gasteiger charge is 2.55. The fraction of sp³-hybridized carbons (Fsp3) is 0.350. The molecule has 4 rings (SSSR count). The van der Waals surface area contributed by atoms with Crippen molar-refractivity contribution in [3.63, 3.8) is 0 Å². The van der Waals surface area contributed by atoms with Gasteiger partial charge < -0.3 is 9.84 Å². The summed E-state index contributed by atoms with van der Waals surface area (Å²) in [6, 6.07) is 16.0. The molecule has 5 heteroatoms. The molecule has 0 saturated heterocycles. The normalized spacial score (nSPS) is 22.9. The first kappa shape index (κ1) is 16.5. The molecule has 2 aliphatic heterocycles. The molecule has 130 valence electrons. The summed E-state index contributed by atoms with van der Waals surface area (Å²) >= 11 is 1.83. The van der Waals surface area contributed by atoms with Crippen LogP contribution in [0.25, 0.3) is 0 Å². The zero-order valence-corrected chi connectivity index (χ0v) is 15.4. The molecular formula is C20H23N2O2S+. The molecule has 0 aromatic heterocycles. The maximum absolute atomic E-state index is 11.8. The maximum Gasteiger partial charge on any atom is 0.316 e. The van der Waals surface area contributed by atoms with E-state index >= 15 is 0 Å². The lowest BCUT2D eigenvalue weighted by Gasteiger charge is -2.29. The number of aryl methyl sites for hydroxylation is 1. The summed E-state index contributed by atoms with van der Waals surface area (Å²) in [4.78, 5) is 2.12. The molecule has 1 atom stereocenters. The van der Waals surface area contributed by atoms with Crippen LogP contribution in [0.15, 0.2) is 48.5 Å². The lowest BCUT2D eigenvalue weighted by Crippen LogP contribution is -2.47. The van der Waals surface area contributed by atoms with Crippen LogP contribution >= 0.6 is 11.8 Å². The van der Waals surface area contributed by atoms with E-state index in [4.69, 9.17) is 4.74 Å². The largest absolute Gasteiger partial charge is 0.497 e. The van der Waals surface area contributed by atoms with Gasteiger partial charge in [0.15, 0.2) is 6.54 Å². The Balaban J connectivity index is 1.84. The number of methoxy groups -OCH3 is 1. The van der Waals surface area contributed by atoms with Gasteiger partial charge in [-0.3, -0.25) is 0 Å². The molecule has 2 heterocycles. The predicted molar refractivity (Wildman–Crippen MR) is 103 cm³/mol. The van der Waals surface area contributed by atoms with E-state index in [1.54, 1.807) is 7.11 Å². The Kier molecular flexibility index (Phi) is 4.21. The number of anilines is 1. The number of para-hydroxylation sites is 1. The van der Waals surface area contributed by atoms with Crippen LogP contribution in [0, 0.1) is 6.92 Å². The molecule has 4 nitrogen and oxygen atoms in total. The zero-order valence-electron chi connectivity index (χ0n) is 14.6. The Morgan fingerprint density at radius 1 is 1.16 bits per heavy atom. The maximum atomic E-state index is 11.8. The smallest absolute Gasteiger partial charge is 0.316 e. The van der Waals surface area contributed by atoms with Gasteiger partial charge in [0.05, 0.1) is 13.7 Å². The first-order valence-corrected chi connectivity index (χ1v) is 9.59. The summed E-state index contributed by atoms with van der Waals surface area (Å²) in [5, 5.41) is 13.0. The number of hydrogen-bond donors (Lipinski definition) is 1. The number of amidine groups is 1. The van der Waals surface area contributed by atoms with Gasteiger partial charge in [-0.15, -0.1) is 0 Å². The highest BCUT2D eigenvalue weighted by molar-refractivity contribution is 8.14. The molecule has 0 fully saturated rings. The zero-order chi connectivity index (χ0) is 17.4. The van der Waals surface area contributed by atoms with Gasteiger partial charge in [-0.2, -0.15) is 4.90 Å². The molecule has 2 aromatic carbocycles. The Morgan fingerprint density at radius 2 is 1.92 bits per heavy atom. The molecule has 0 spiro atoms. The van der Waals surface area contributed by atoms with Crippen LogP contribution in [0.2, 0.25) is 0 Å². The molecular weight excluding hydrogens is 332 g/mol. The number of ether oxygens (including phenoxy) is 1. The topological polar surface area (TPSA) is 35.7 Å². The van der Waals surface area contributed by atoms with E-state index in [0.29, 0.717) is 6.54 Å². The van der Waals surface area contributed by atoms with Crippen molar-refractivity contribution in [1.29, 1.82) is 0 Å². The predicted octanol–water partition coefficient (Wildman–Crippen LogP) is 3.17. The first-order valence-electron chi connectivity index (χ1n) is 8.61. The second-order valence-corrected chi connectivity index (χ2v) is 7.64. The van der Waals surface area contributed by atoms with Crippen molar-refractivity contribution in [2.24, 2.45) is 0 Å². The Hall–Kier alpha value is -1.98. The lowest BCUT2D eigenvalue weighted by atomic mass is 10.00. The number of aliphatic hydroxyl groups is 1. The fourth-order valence-electron chi connectivity index (χ4n) is 3.65. The SMILES string of the molecule is COc1ccc([C@]2(O)C[N+]3=C(SCCC3)N2c2ccccc2C)cc1. The third-order valence-corrected chi connectivity index (χ3v) is 6.15. The van der Waals surface area contributed by atoms with E-state index in [9.17, 15) is 5.11 Å². The number of rotatable bonds is 3. The molecule has 0 amide bonds. The molecule has 25 heavy (non-hydrogen) atoms. The van der Waals surface area contributed by atoms with Crippen molar-refractivity contribution in [2.45, 2.75) is 19.1 Å². The van der Waals surface area contributed by atoms with E-state index in [1.165, 1.54) is 0 Å². The summed E-state index contributed by atoms with van der Waals surface area (Å²) in [7, 11) is 1.66. The minimum atomic E-state index is -1.08. The van der Waals surface area contributed by atoms with Gasteiger partial charge in [0.1, 0.15) is 11.4 Å². The van der Waals surface area contributed by atoms with Gasteiger partial charge in [0.25, 0.3) is 5.72 Å². The highest BCUT2D eigenvalue weighted by Crippen LogP contribution is 2.41. The number of thioether (sulfide) groups is 1. The van der Waals surface area contributed by atoms with Gasteiger partial charge in [-0.05, 0) is 61.0 Å². The summed E-state index contributed by atoms with van der Waals surface area (Å²) in [6.07, 6.45) is 1.15. The van der Waals surface area contributed by atoms with Crippen molar-refractivity contribution in [3.05, 3.63) is 59.7 Å². The molecule has 1 N–H and O–H groups in total. The fourth-order valence-corrected chi connectivity index (χ4v) is 4.82. The molecule has 2 aromatic rings. The second kappa shape index (κ2) is 6.39. The molecule has 0 unspecified atom stereocenters. The van der Waals surface area contributed by atoms with Crippen LogP contribution in [-0.4, -0.2) is 40.8 Å². The van der Waals surface area contributed by atoms with E-state index in [0.717, 1.165) is 46.4 Å². The highest BCUT2D eigenvalue weighted by atomic mass is 32.2. The molecule has 0 radical (unpaired) electrons. The van der Waals surface area contributed by atoms with Crippen LogP contribution in [0.1, 0.15) is 17.5 Å². The van der Waals surface area contributed by atoms with Crippen LogP contribution in [0.5, 0.6) is 5.75 Å². The standard InChI is InChI=1S/C20H23N2O2S/c1-15-6-3-4-7-18(15)22-19-21(12-5-13-25-19)14-20(22,23)16-8-10-17(24-2)11-9-16/h3-4,6-11,23H,5,12-14H2,1-2H3/q+1/t20-/m1/s1. The Morgan fingerprint density at radius 3 is 2.64 bits per heavy atom. The van der Waals surface area contributed by atoms with Crippen molar-refractivity contribution in [1.82, 2.24) is 0 Å². The van der Waals surface area contributed by atoms with E-state index < -0.39 is 5.72 Å². The number of benzene rings is 2. The molecule has 0 bridgehead atoms.